The molecule has 9 heteroatoms. The van der Waals surface area contributed by atoms with Gasteiger partial charge >= 0.3 is 0 Å². The van der Waals surface area contributed by atoms with Gasteiger partial charge in [0.15, 0.2) is 23.9 Å². The van der Waals surface area contributed by atoms with Gasteiger partial charge in [-0.05, 0) is 36.4 Å². The number of nitriles is 1. The van der Waals surface area contributed by atoms with Gasteiger partial charge in [0.05, 0.1) is 24.2 Å². The Labute approximate surface area is 207 Å². The van der Waals surface area contributed by atoms with Crippen LogP contribution in [0, 0.1) is 11.3 Å². The van der Waals surface area contributed by atoms with E-state index in [-0.39, 0.29) is 18.0 Å². The molecule has 172 valence electrons. The van der Waals surface area contributed by atoms with Gasteiger partial charge < -0.3 is 13.9 Å². The van der Waals surface area contributed by atoms with Crippen LogP contribution in [0.15, 0.2) is 85.5 Å². The predicted molar refractivity (Wildman–Crippen MR) is 136 cm³/mol. The number of hydrogen-bond acceptors (Lipinski definition) is 7. The van der Waals surface area contributed by atoms with Gasteiger partial charge in [0.25, 0.3) is 5.56 Å². The van der Waals surface area contributed by atoms with Gasteiger partial charge in [-0.25, -0.2) is 4.98 Å². The Kier molecular flexibility index (Phi) is 6.04. The number of furan rings is 1. The number of aromatic nitrogens is 2. The molecule has 0 saturated carbocycles. The SMILES string of the molecule is COc1cc(Br)cc(C=Nn2c(-c3cc4ccccc4o3)nc3ccccc3c2=O)c1OCC#N. The number of benzene rings is 3. The third-order valence-electron chi connectivity index (χ3n) is 5.26. The van der Waals surface area contributed by atoms with Gasteiger partial charge in [-0.1, -0.05) is 46.3 Å². The van der Waals surface area contributed by atoms with Gasteiger partial charge in [-0.2, -0.15) is 15.0 Å². The molecule has 2 heterocycles. The lowest BCUT2D eigenvalue weighted by molar-refractivity contribution is 0.329. The lowest BCUT2D eigenvalue weighted by atomic mass is 10.2. The minimum atomic E-state index is -0.358. The monoisotopic (exact) mass is 528 g/mol. The number of methoxy groups -OCH3 is 1. The van der Waals surface area contributed by atoms with Crippen LogP contribution < -0.4 is 15.0 Å². The number of ether oxygens (including phenoxy) is 2. The first-order valence-electron chi connectivity index (χ1n) is 10.5. The molecule has 0 N–H and O–H groups in total. The Morgan fingerprint density at radius 1 is 1.17 bits per heavy atom. The smallest absolute Gasteiger partial charge is 0.282 e. The van der Waals surface area contributed by atoms with Crippen LogP contribution in [0.5, 0.6) is 11.5 Å². The minimum Gasteiger partial charge on any atom is -0.493 e. The summed E-state index contributed by atoms with van der Waals surface area (Å²) >= 11 is 3.44. The second-order valence-electron chi connectivity index (χ2n) is 7.44. The van der Waals surface area contributed by atoms with Crippen molar-refractivity contribution >= 4 is 44.0 Å². The molecule has 0 bridgehead atoms. The molecule has 5 rings (SSSR count). The van der Waals surface area contributed by atoms with E-state index in [0.717, 1.165) is 5.39 Å². The number of fused-ring (bicyclic) bond motifs is 2. The largest absolute Gasteiger partial charge is 0.493 e. The third kappa shape index (κ3) is 4.27. The summed E-state index contributed by atoms with van der Waals surface area (Å²) in [4.78, 5) is 18.1. The van der Waals surface area contributed by atoms with E-state index in [9.17, 15) is 4.79 Å². The van der Waals surface area contributed by atoms with Crippen LogP contribution in [0.1, 0.15) is 5.56 Å². The Morgan fingerprint density at radius 3 is 2.77 bits per heavy atom. The van der Waals surface area contributed by atoms with Crippen LogP contribution in [0.4, 0.5) is 0 Å². The van der Waals surface area contributed by atoms with Crippen LogP contribution in [0.2, 0.25) is 0 Å². The first-order valence-corrected chi connectivity index (χ1v) is 11.3. The molecular formula is C26H17BrN4O4. The minimum absolute atomic E-state index is 0.180. The fraction of sp³-hybridized carbons (Fsp3) is 0.0769. The zero-order chi connectivity index (χ0) is 24.4. The van der Waals surface area contributed by atoms with Crippen molar-refractivity contribution in [3.8, 4) is 29.2 Å². The number of nitrogens with zero attached hydrogens (tertiary/aromatic N) is 4. The fourth-order valence-electron chi connectivity index (χ4n) is 3.70. The first-order chi connectivity index (χ1) is 17.1. The quantitative estimate of drug-likeness (QED) is 0.274. The van der Waals surface area contributed by atoms with Crippen molar-refractivity contribution in [2.45, 2.75) is 0 Å². The Hall–Kier alpha value is -4.42. The highest BCUT2D eigenvalue weighted by atomic mass is 79.9. The molecule has 3 aromatic carbocycles. The summed E-state index contributed by atoms with van der Waals surface area (Å²) in [5.41, 5.74) is 1.34. The van der Waals surface area contributed by atoms with E-state index < -0.39 is 0 Å². The molecule has 0 aliphatic rings. The van der Waals surface area contributed by atoms with E-state index in [0.29, 0.717) is 43.8 Å². The predicted octanol–water partition coefficient (Wildman–Crippen LogP) is 5.37. The summed E-state index contributed by atoms with van der Waals surface area (Å²) < 4.78 is 18.9. The van der Waals surface area contributed by atoms with Crippen molar-refractivity contribution in [2.75, 3.05) is 13.7 Å². The lowest BCUT2D eigenvalue weighted by Gasteiger charge is -2.12. The summed E-state index contributed by atoms with van der Waals surface area (Å²) in [5, 5.41) is 14.7. The van der Waals surface area contributed by atoms with Crippen LogP contribution in [-0.2, 0) is 0 Å². The van der Waals surface area contributed by atoms with E-state index in [2.05, 4.69) is 26.0 Å². The highest BCUT2D eigenvalue weighted by molar-refractivity contribution is 9.10. The zero-order valence-electron chi connectivity index (χ0n) is 18.4. The fourth-order valence-corrected chi connectivity index (χ4v) is 4.15. The van der Waals surface area contributed by atoms with Gasteiger partial charge in [-0.3, -0.25) is 4.79 Å². The molecule has 0 aliphatic heterocycles. The number of hydrogen-bond donors (Lipinski definition) is 0. The molecule has 8 nitrogen and oxygen atoms in total. The highest BCUT2D eigenvalue weighted by Crippen LogP contribution is 2.34. The standard InChI is InChI=1S/C26H17BrN4O4/c1-33-22-14-18(27)12-17(24(22)34-11-10-28)15-29-31-25(23-13-16-6-2-5-9-21(16)35-23)30-20-8-4-3-7-19(20)26(31)32/h2-9,12-15H,11H2,1H3. The topological polar surface area (TPSA) is 103 Å². The number of halogens is 1. The van der Waals surface area contributed by atoms with E-state index in [4.69, 9.17) is 19.2 Å². The second-order valence-corrected chi connectivity index (χ2v) is 8.35. The maximum atomic E-state index is 13.5. The van der Waals surface area contributed by atoms with Gasteiger partial charge in [0.2, 0.25) is 5.82 Å². The molecule has 0 saturated heterocycles. The molecule has 35 heavy (non-hydrogen) atoms. The molecule has 0 amide bonds. The van der Waals surface area contributed by atoms with Crippen molar-refractivity contribution in [2.24, 2.45) is 5.10 Å². The summed E-state index contributed by atoms with van der Waals surface area (Å²) in [6, 6.07) is 21.8. The van der Waals surface area contributed by atoms with Gasteiger partial charge in [0.1, 0.15) is 11.7 Å². The molecule has 0 atom stereocenters. The van der Waals surface area contributed by atoms with Crippen molar-refractivity contribution in [1.82, 2.24) is 9.66 Å². The van der Waals surface area contributed by atoms with Gasteiger partial charge in [-0.15, -0.1) is 0 Å². The molecule has 0 spiro atoms. The molecule has 5 aromatic rings. The summed E-state index contributed by atoms with van der Waals surface area (Å²) in [7, 11) is 1.50. The number of para-hydroxylation sites is 2. The van der Waals surface area contributed by atoms with Crippen molar-refractivity contribution < 1.29 is 13.9 Å². The van der Waals surface area contributed by atoms with Crippen LogP contribution in [-0.4, -0.2) is 29.6 Å². The second kappa shape index (κ2) is 9.44. The number of rotatable bonds is 6. The highest BCUT2D eigenvalue weighted by Gasteiger charge is 2.17. The molecule has 0 unspecified atom stereocenters. The molecule has 0 fully saturated rings. The Bertz CT molecular complexity index is 1670. The van der Waals surface area contributed by atoms with Crippen molar-refractivity contribution in [3.05, 3.63) is 87.1 Å². The van der Waals surface area contributed by atoms with Crippen LogP contribution in [0.25, 0.3) is 33.5 Å². The average Bonchev–Trinajstić information content (AvgIpc) is 3.31. The molecule has 2 aromatic heterocycles. The zero-order valence-corrected chi connectivity index (χ0v) is 20.0. The van der Waals surface area contributed by atoms with E-state index in [1.54, 1.807) is 30.3 Å². The maximum Gasteiger partial charge on any atom is 0.282 e. The third-order valence-corrected chi connectivity index (χ3v) is 5.72. The van der Waals surface area contributed by atoms with Crippen LogP contribution >= 0.6 is 15.9 Å². The lowest BCUT2D eigenvalue weighted by Crippen LogP contribution is -2.20. The average molecular weight is 529 g/mol. The van der Waals surface area contributed by atoms with Gasteiger partial charge in [0, 0.05) is 15.4 Å². The maximum absolute atomic E-state index is 13.5. The summed E-state index contributed by atoms with van der Waals surface area (Å²) in [6.07, 6.45) is 1.46. The molecular weight excluding hydrogens is 512 g/mol. The van der Waals surface area contributed by atoms with E-state index in [1.165, 1.54) is 18.0 Å². The normalized spacial score (nSPS) is 11.2. The first kappa shape index (κ1) is 22.4. The Morgan fingerprint density at radius 2 is 1.97 bits per heavy atom. The molecule has 0 aliphatic carbocycles. The van der Waals surface area contributed by atoms with Crippen LogP contribution in [0.3, 0.4) is 0 Å². The summed E-state index contributed by atoms with van der Waals surface area (Å²) in [6.45, 7) is -0.180. The van der Waals surface area contributed by atoms with E-state index >= 15 is 0 Å². The van der Waals surface area contributed by atoms with Crippen molar-refractivity contribution in [1.29, 1.82) is 5.26 Å². The Balaban J connectivity index is 1.72. The van der Waals surface area contributed by atoms with Crippen molar-refractivity contribution in [3.63, 3.8) is 0 Å². The molecule has 0 radical (unpaired) electrons. The van der Waals surface area contributed by atoms with E-state index in [1.807, 2.05) is 42.5 Å². The summed E-state index contributed by atoms with van der Waals surface area (Å²) in [5.74, 6) is 1.40.